The van der Waals surface area contributed by atoms with E-state index in [1.165, 1.54) is 24.0 Å². The number of Topliss-reactive ketones (excluding diaryl/α,β-unsaturated/α-hetero) is 1. The van der Waals surface area contributed by atoms with Crippen molar-refractivity contribution >= 4 is 46.1 Å². The average molecular weight is 514 g/mol. The molecule has 0 bridgehead atoms. The molecule has 1 aromatic heterocycles. The molecule has 1 atom stereocenters. The highest BCUT2D eigenvalue weighted by Crippen LogP contribution is 2.33. The van der Waals surface area contributed by atoms with Gasteiger partial charge in [-0.15, -0.1) is 0 Å². The fourth-order valence-corrected chi connectivity index (χ4v) is 5.08. The highest BCUT2D eigenvalue weighted by atomic mass is 32.2. The maximum Gasteiger partial charge on any atom is 0.271 e. The van der Waals surface area contributed by atoms with E-state index in [2.05, 4.69) is 0 Å². The van der Waals surface area contributed by atoms with Crippen LogP contribution in [0.15, 0.2) is 34.0 Å². The van der Waals surface area contributed by atoms with Crippen LogP contribution in [0.25, 0.3) is 6.08 Å². The summed E-state index contributed by atoms with van der Waals surface area (Å²) in [6, 6.07) is 7.18. The number of ketones is 1. The third-order valence-electron chi connectivity index (χ3n) is 5.88. The second-order valence-electron chi connectivity index (χ2n) is 8.15. The number of nitrogens with zero attached hydrogens (tertiary/aromatic N) is 3. The van der Waals surface area contributed by atoms with Crippen LogP contribution in [0.2, 0.25) is 0 Å². The largest absolute Gasteiger partial charge is 0.494 e. The van der Waals surface area contributed by atoms with E-state index in [-0.39, 0.29) is 47.8 Å². The van der Waals surface area contributed by atoms with Crippen LogP contribution in [0.4, 0.5) is 4.39 Å². The third-order valence-corrected chi connectivity index (χ3v) is 7.26. The predicted octanol–water partition coefficient (Wildman–Crippen LogP) is 4.71. The molecule has 1 unspecified atom stereocenters. The van der Waals surface area contributed by atoms with Gasteiger partial charge in [0, 0.05) is 19.0 Å². The molecule has 1 N–H and O–H groups in total. The summed E-state index contributed by atoms with van der Waals surface area (Å²) >= 11 is 6.45. The van der Waals surface area contributed by atoms with Gasteiger partial charge in [0.15, 0.2) is 5.78 Å². The molecule has 0 radical (unpaired) electrons. The van der Waals surface area contributed by atoms with Crippen LogP contribution in [0.1, 0.15) is 66.2 Å². The van der Waals surface area contributed by atoms with Crippen molar-refractivity contribution in [3.05, 3.63) is 67.6 Å². The standard InChI is InChI=1S/C25H24FN3O4S2/c1-4-14(2)29-22(31)18(13-27)15(3)21(24(29)33)19(30)6-5-11-28-23(32)20(35-25(28)34)12-16-7-9-17(26)10-8-16/h7-10,12,14,33H,4-6,11H2,1-3H3/b20-12-. The number of aromatic hydroxyl groups is 1. The van der Waals surface area contributed by atoms with Gasteiger partial charge in [0.25, 0.3) is 11.5 Å². The first-order valence-corrected chi connectivity index (χ1v) is 12.2. The second-order valence-corrected chi connectivity index (χ2v) is 9.83. The lowest BCUT2D eigenvalue weighted by Gasteiger charge is -2.20. The van der Waals surface area contributed by atoms with Gasteiger partial charge in [0.2, 0.25) is 5.88 Å². The fourth-order valence-electron chi connectivity index (χ4n) is 3.77. The number of benzene rings is 1. The monoisotopic (exact) mass is 513 g/mol. The first kappa shape index (κ1) is 26.3. The van der Waals surface area contributed by atoms with Gasteiger partial charge < -0.3 is 5.11 Å². The number of rotatable bonds is 8. The van der Waals surface area contributed by atoms with E-state index in [0.29, 0.717) is 21.2 Å². The van der Waals surface area contributed by atoms with Crippen LogP contribution in [0, 0.1) is 24.1 Å². The molecule has 182 valence electrons. The zero-order valence-electron chi connectivity index (χ0n) is 19.5. The van der Waals surface area contributed by atoms with Gasteiger partial charge >= 0.3 is 0 Å². The van der Waals surface area contributed by atoms with Crippen molar-refractivity contribution in [2.75, 3.05) is 6.54 Å². The number of nitriles is 1. The Morgan fingerprint density at radius 3 is 2.57 bits per heavy atom. The number of aromatic nitrogens is 1. The number of hydrogen-bond acceptors (Lipinski definition) is 7. The summed E-state index contributed by atoms with van der Waals surface area (Å²) in [5, 5.41) is 20.2. The van der Waals surface area contributed by atoms with Gasteiger partial charge in [-0.1, -0.05) is 43.0 Å². The van der Waals surface area contributed by atoms with E-state index in [4.69, 9.17) is 12.2 Å². The zero-order chi connectivity index (χ0) is 25.9. The minimum atomic E-state index is -0.626. The molecule has 10 heteroatoms. The van der Waals surface area contributed by atoms with Gasteiger partial charge in [-0.25, -0.2) is 4.39 Å². The van der Waals surface area contributed by atoms with Gasteiger partial charge in [-0.2, -0.15) is 5.26 Å². The first-order valence-electron chi connectivity index (χ1n) is 11.0. The third kappa shape index (κ3) is 5.36. The number of thioether (sulfide) groups is 1. The molecule has 7 nitrogen and oxygen atoms in total. The molecule has 0 spiro atoms. The summed E-state index contributed by atoms with van der Waals surface area (Å²) in [6.07, 6.45) is 2.40. The topological polar surface area (TPSA) is 103 Å². The summed E-state index contributed by atoms with van der Waals surface area (Å²) < 4.78 is 14.6. The Hall–Kier alpha value is -3.29. The zero-order valence-corrected chi connectivity index (χ0v) is 21.1. The summed E-state index contributed by atoms with van der Waals surface area (Å²) in [7, 11) is 0. The normalized spacial score (nSPS) is 15.5. The summed E-state index contributed by atoms with van der Waals surface area (Å²) in [6.45, 7) is 5.21. The molecule has 3 rings (SSSR count). The minimum absolute atomic E-state index is 0.0218. The fraction of sp³-hybridized carbons (Fsp3) is 0.320. The van der Waals surface area contributed by atoms with E-state index < -0.39 is 23.3 Å². The summed E-state index contributed by atoms with van der Waals surface area (Å²) in [5.41, 5.74) is -0.0403. The molecule has 2 heterocycles. The highest BCUT2D eigenvalue weighted by Gasteiger charge is 2.32. The molecule has 1 saturated heterocycles. The van der Waals surface area contributed by atoms with Gasteiger partial charge in [0.05, 0.1) is 10.5 Å². The Labute approximate surface area is 211 Å². The molecule has 1 aliphatic rings. The minimum Gasteiger partial charge on any atom is -0.494 e. The second kappa shape index (κ2) is 11.0. The van der Waals surface area contributed by atoms with Gasteiger partial charge in [-0.3, -0.25) is 23.9 Å². The molecular formula is C25H24FN3O4S2. The van der Waals surface area contributed by atoms with Crippen LogP contribution in [-0.4, -0.2) is 37.1 Å². The molecule has 1 fully saturated rings. The lowest BCUT2D eigenvalue weighted by molar-refractivity contribution is -0.122. The van der Waals surface area contributed by atoms with Crippen LogP contribution in [-0.2, 0) is 4.79 Å². The van der Waals surface area contributed by atoms with Crippen molar-refractivity contribution in [3.8, 4) is 11.9 Å². The maximum absolute atomic E-state index is 13.1. The smallest absolute Gasteiger partial charge is 0.271 e. The van der Waals surface area contributed by atoms with Crippen LogP contribution in [0.5, 0.6) is 5.88 Å². The quantitative estimate of drug-likeness (QED) is 0.310. The molecule has 1 amide bonds. The Balaban J connectivity index is 1.76. The van der Waals surface area contributed by atoms with E-state index in [9.17, 15) is 29.1 Å². The van der Waals surface area contributed by atoms with Crippen LogP contribution in [0.3, 0.4) is 0 Å². The number of pyridine rings is 1. The SMILES string of the molecule is CCC(C)n1c(O)c(C(=O)CCCN2C(=O)/C(=C/c3ccc(F)cc3)SC2=S)c(C)c(C#N)c1=O. The molecule has 1 aromatic carbocycles. The molecule has 2 aromatic rings. The molecule has 1 aliphatic heterocycles. The number of hydrogen-bond donors (Lipinski definition) is 1. The Morgan fingerprint density at radius 2 is 1.97 bits per heavy atom. The van der Waals surface area contributed by atoms with E-state index in [1.807, 2.05) is 13.0 Å². The number of carbonyl (C=O) groups is 2. The van der Waals surface area contributed by atoms with Crippen molar-refractivity contribution in [2.24, 2.45) is 0 Å². The Morgan fingerprint density at radius 1 is 1.31 bits per heavy atom. The Kier molecular flexibility index (Phi) is 8.25. The van der Waals surface area contributed by atoms with E-state index >= 15 is 0 Å². The lowest BCUT2D eigenvalue weighted by Crippen LogP contribution is -2.30. The number of amides is 1. The van der Waals surface area contributed by atoms with Crippen molar-refractivity contribution in [1.82, 2.24) is 9.47 Å². The van der Waals surface area contributed by atoms with Crippen molar-refractivity contribution in [3.63, 3.8) is 0 Å². The first-order chi connectivity index (χ1) is 16.6. The van der Waals surface area contributed by atoms with Crippen molar-refractivity contribution in [1.29, 1.82) is 5.26 Å². The molecular weight excluding hydrogens is 489 g/mol. The number of halogens is 1. The Bertz CT molecular complexity index is 1330. The molecule has 0 aliphatic carbocycles. The summed E-state index contributed by atoms with van der Waals surface area (Å²) in [4.78, 5) is 40.3. The van der Waals surface area contributed by atoms with Gasteiger partial charge in [-0.05, 0) is 56.0 Å². The lowest BCUT2D eigenvalue weighted by atomic mass is 9.98. The number of carbonyl (C=O) groups excluding carboxylic acids is 2. The summed E-state index contributed by atoms with van der Waals surface area (Å²) in [5.74, 6) is -1.55. The van der Waals surface area contributed by atoms with Crippen LogP contribution >= 0.6 is 24.0 Å². The highest BCUT2D eigenvalue weighted by molar-refractivity contribution is 8.26. The van der Waals surface area contributed by atoms with Crippen molar-refractivity contribution < 1.29 is 19.1 Å². The predicted molar refractivity (Wildman–Crippen MR) is 137 cm³/mol. The average Bonchev–Trinajstić information content (AvgIpc) is 3.07. The van der Waals surface area contributed by atoms with E-state index in [1.54, 1.807) is 25.1 Å². The van der Waals surface area contributed by atoms with Crippen molar-refractivity contribution in [2.45, 2.75) is 46.1 Å². The number of thiocarbonyl (C=S) groups is 1. The molecule has 35 heavy (non-hydrogen) atoms. The van der Waals surface area contributed by atoms with Crippen LogP contribution < -0.4 is 5.56 Å². The van der Waals surface area contributed by atoms with Gasteiger partial charge in [0.1, 0.15) is 21.8 Å². The maximum atomic E-state index is 13.1. The van der Waals surface area contributed by atoms with E-state index in [0.717, 1.165) is 16.3 Å². The molecule has 0 saturated carbocycles.